The van der Waals surface area contributed by atoms with E-state index in [0.717, 1.165) is 0 Å². The van der Waals surface area contributed by atoms with Crippen LogP contribution in [-0.4, -0.2) is 29.5 Å². The molecule has 0 aliphatic heterocycles. The van der Waals surface area contributed by atoms with Crippen LogP contribution in [0.1, 0.15) is 0 Å². The Labute approximate surface area is 117 Å². The lowest BCUT2D eigenvalue weighted by Gasteiger charge is -2.13. The second kappa shape index (κ2) is 5.62. The molecule has 3 N–H and O–H groups in total. The lowest BCUT2D eigenvalue weighted by Crippen LogP contribution is -2.30. The predicted octanol–water partition coefficient (Wildman–Crippen LogP) is 1.69. The van der Waals surface area contributed by atoms with E-state index in [1.807, 2.05) is 0 Å². The maximum atomic E-state index is 12.3. The zero-order chi connectivity index (χ0) is 15.6. The van der Waals surface area contributed by atoms with Crippen LogP contribution in [0.4, 0.5) is 18.9 Å². The standard InChI is InChI=1S/C12H9BF3NO4/c14-12(15,16)11(18)17-9-5-6-10(21-13(19)20)8-4-2-1-3-7(8)9/h1-6,19-20H,(H,17,18). The molecular formula is C12H9BF3NO4. The van der Waals surface area contributed by atoms with E-state index in [1.165, 1.54) is 24.3 Å². The zero-order valence-electron chi connectivity index (χ0n) is 10.4. The molecule has 0 aliphatic rings. The van der Waals surface area contributed by atoms with Crippen LogP contribution >= 0.6 is 0 Å². The van der Waals surface area contributed by atoms with Gasteiger partial charge in [-0.15, -0.1) is 0 Å². The fourth-order valence-corrected chi connectivity index (χ4v) is 1.79. The molecular weight excluding hydrogens is 290 g/mol. The highest BCUT2D eigenvalue weighted by atomic mass is 19.4. The molecule has 0 saturated carbocycles. The molecule has 1 amide bonds. The molecule has 0 unspecified atom stereocenters. The van der Waals surface area contributed by atoms with Crippen molar-refractivity contribution >= 4 is 29.7 Å². The SMILES string of the molecule is O=C(Nc1ccc(OB(O)O)c2ccccc12)C(F)(F)F. The first-order valence-electron chi connectivity index (χ1n) is 5.72. The van der Waals surface area contributed by atoms with Gasteiger partial charge >= 0.3 is 19.4 Å². The van der Waals surface area contributed by atoms with Gasteiger partial charge in [0.25, 0.3) is 0 Å². The number of hydrogen-bond donors (Lipinski definition) is 3. The Morgan fingerprint density at radius 3 is 2.29 bits per heavy atom. The van der Waals surface area contributed by atoms with Gasteiger partial charge in [-0.25, -0.2) is 0 Å². The molecule has 2 aromatic rings. The minimum absolute atomic E-state index is 0.0607. The number of anilines is 1. The second-order valence-electron chi connectivity index (χ2n) is 4.05. The number of carbonyl (C=O) groups excluding carboxylic acids is 1. The molecule has 0 bridgehead atoms. The molecule has 0 spiro atoms. The van der Waals surface area contributed by atoms with Crippen molar-refractivity contribution in [2.75, 3.05) is 5.32 Å². The largest absolute Gasteiger partial charge is 0.707 e. The smallest absolute Gasteiger partial charge is 0.512 e. The summed E-state index contributed by atoms with van der Waals surface area (Å²) < 4.78 is 41.6. The number of nitrogens with one attached hydrogen (secondary N) is 1. The quantitative estimate of drug-likeness (QED) is 0.754. The molecule has 0 radical (unpaired) electrons. The van der Waals surface area contributed by atoms with Crippen molar-refractivity contribution in [2.45, 2.75) is 6.18 Å². The van der Waals surface area contributed by atoms with Crippen molar-refractivity contribution in [3.63, 3.8) is 0 Å². The van der Waals surface area contributed by atoms with E-state index in [-0.39, 0.29) is 16.8 Å². The zero-order valence-corrected chi connectivity index (χ0v) is 10.4. The van der Waals surface area contributed by atoms with Crippen LogP contribution in [0.3, 0.4) is 0 Å². The molecule has 0 atom stereocenters. The topological polar surface area (TPSA) is 78.8 Å². The molecule has 0 aromatic heterocycles. The van der Waals surface area contributed by atoms with E-state index in [0.29, 0.717) is 5.39 Å². The number of benzene rings is 2. The van der Waals surface area contributed by atoms with Crippen LogP contribution < -0.4 is 9.97 Å². The number of fused-ring (bicyclic) bond motifs is 1. The van der Waals surface area contributed by atoms with E-state index in [1.54, 1.807) is 17.4 Å². The summed E-state index contributed by atoms with van der Waals surface area (Å²) in [5.74, 6) is -2.03. The summed E-state index contributed by atoms with van der Waals surface area (Å²) in [6, 6.07) is 8.55. The van der Waals surface area contributed by atoms with Crippen molar-refractivity contribution in [1.82, 2.24) is 0 Å². The van der Waals surface area contributed by atoms with E-state index < -0.39 is 19.4 Å². The minimum atomic E-state index is -5.00. The van der Waals surface area contributed by atoms with Gasteiger partial charge in [0.2, 0.25) is 0 Å². The van der Waals surface area contributed by atoms with Crippen LogP contribution in [0, 0.1) is 0 Å². The van der Waals surface area contributed by atoms with E-state index in [2.05, 4.69) is 0 Å². The normalized spacial score (nSPS) is 11.3. The average molecular weight is 299 g/mol. The van der Waals surface area contributed by atoms with Crippen molar-refractivity contribution in [3.8, 4) is 5.75 Å². The molecule has 0 fully saturated rings. The van der Waals surface area contributed by atoms with Gasteiger partial charge in [-0.3, -0.25) is 4.79 Å². The molecule has 9 heteroatoms. The summed E-state index contributed by atoms with van der Waals surface area (Å²) in [7, 11) is -2.07. The number of rotatable bonds is 3. The molecule has 0 aliphatic carbocycles. The first kappa shape index (κ1) is 15.1. The van der Waals surface area contributed by atoms with Crippen LogP contribution in [0.15, 0.2) is 36.4 Å². The molecule has 21 heavy (non-hydrogen) atoms. The van der Waals surface area contributed by atoms with Crippen molar-refractivity contribution < 1.29 is 32.7 Å². The van der Waals surface area contributed by atoms with Gasteiger partial charge in [0.15, 0.2) is 0 Å². The fraction of sp³-hybridized carbons (Fsp3) is 0.0833. The number of amides is 1. The van der Waals surface area contributed by atoms with Gasteiger partial charge in [-0.2, -0.15) is 13.2 Å². The maximum absolute atomic E-state index is 12.3. The fourth-order valence-electron chi connectivity index (χ4n) is 1.79. The molecule has 110 valence electrons. The first-order valence-corrected chi connectivity index (χ1v) is 5.72. The van der Waals surface area contributed by atoms with Crippen LogP contribution in [-0.2, 0) is 4.79 Å². The lowest BCUT2D eigenvalue weighted by molar-refractivity contribution is -0.167. The summed E-state index contributed by atoms with van der Waals surface area (Å²) in [4.78, 5) is 11.0. The van der Waals surface area contributed by atoms with Gasteiger partial charge in [-0.05, 0) is 12.1 Å². The maximum Gasteiger partial charge on any atom is 0.707 e. The molecule has 0 saturated heterocycles. The average Bonchev–Trinajstić information content (AvgIpc) is 2.40. The Hall–Kier alpha value is -2.26. The van der Waals surface area contributed by atoms with Crippen molar-refractivity contribution in [1.29, 1.82) is 0 Å². The highest BCUT2D eigenvalue weighted by molar-refractivity contribution is 6.34. The van der Waals surface area contributed by atoms with Crippen LogP contribution in [0.5, 0.6) is 5.75 Å². The van der Waals surface area contributed by atoms with Crippen LogP contribution in [0.25, 0.3) is 10.8 Å². The van der Waals surface area contributed by atoms with E-state index in [4.69, 9.17) is 14.7 Å². The molecule has 2 rings (SSSR count). The molecule has 0 heterocycles. The summed E-state index contributed by atoms with van der Waals surface area (Å²) in [6.45, 7) is 0. The summed E-state index contributed by atoms with van der Waals surface area (Å²) in [5, 5.41) is 20.0. The third-order valence-electron chi connectivity index (χ3n) is 2.62. The van der Waals surface area contributed by atoms with Crippen molar-refractivity contribution in [2.24, 2.45) is 0 Å². The van der Waals surface area contributed by atoms with Crippen molar-refractivity contribution in [3.05, 3.63) is 36.4 Å². The molecule has 5 nitrogen and oxygen atoms in total. The Morgan fingerprint density at radius 1 is 1.10 bits per heavy atom. The number of halogens is 3. The Morgan fingerprint density at radius 2 is 1.71 bits per heavy atom. The third kappa shape index (κ3) is 3.44. The minimum Gasteiger partial charge on any atom is -0.512 e. The summed E-state index contributed by atoms with van der Waals surface area (Å²) in [6.07, 6.45) is -5.00. The number of hydrogen-bond acceptors (Lipinski definition) is 4. The Bertz CT molecular complexity index is 675. The highest BCUT2D eigenvalue weighted by Crippen LogP contribution is 2.32. The summed E-state index contributed by atoms with van der Waals surface area (Å²) >= 11 is 0. The Kier molecular flexibility index (Phi) is 4.05. The van der Waals surface area contributed by atoms with Crippen LogP contribution in [0.2, 0.25) is 0 Å². The lowest BCUT2D eigenvalue weighted by atomic mass is 10.1. The second-order valence-corrected chi connectivity index (χ2v) is 4.05. The Balaban J connectivity index is 2.45. The van der Waals surface area contributed by atoms with Gasteiger partial charge in [0.05, 0.1) is 0 Å². The van der Waals surface area contributed by atoms with Gasteiger partial charge in [0.1, 0.15) is 5.75 Å². The van der Waals surface area contributed by atoms with Gasteiger partial charge in [0, 0.05) is 16.5 Å². The summed E-state index contributed by atoms with van der Waals surface area (Å²) in [5.41, 5.74) is -0.0623. The van der Waals surface area contributed by atoms with Gasteiger partial charge in [-0.1, -0.05) is 24.3 Å². The number of alkyl halides is 3. The highest BCUT2D eigenvalue weighted by Gasteiger charge is 2.38. The molecule has 2 aromatic carbocycles. The first-order chi connectivity index (χ1) is 9.79. The number of carbonyl (C=O) groups is 1. The monoisotopic (exact) mass is 299 g/mol. The van der Waals surface area contributed by atoms with Gasteiger partial charge < -0.3 is 20.0 Å². The third-order valence-corrected chi connectivity index (χ3v) is 2.62. The predicted molar refractivity (Wildman–Crippen MR) is 69.5 cm³/mol. The van der Waals surface area contributed by atoms with E-state index >= 15 is 0 Å². The van der Waals surface area contributed by atoms with E-state index in [9.17, 15) is 18.0 Å².